The minimum Gasteiger partial charge on any atom is -0.454 e. The number of carbonyl (C=O) groups is 2. The van der Waals surface area contributed by atoms with E-state index in [4.69, 9.17) is 9.47 Å². The van der Waals surface area contributed by atoms with Crippen molar-refractivity contribution in [3.8, 4) is 11.5 Å². The Hall–Kier alpha value is -2.24. The fourth-order valence-corrected chi connectivity index (χ4v) is 3.74. The van der Waals surface area contributed by atoms with Crippen LogP contribution in [-0.2, 0) is 9.59 Å². The van der Waals surface area contributed by atoms with Crippen LogP contribution in [0.4, 0.5) is 0 Å². The molecule has 2 N–H and O–H groups in total. The van der Waals surface area contributed by atoms with E-state index in [1.54, 1.807) is 0 Å². The third-order valence-electron chi connectivity index (χ3n) is 5.48. The van der Waals surface area contributed by atoms with Gasteiger partial charge in [-0.15, -0.1) is 0 Å². The van der Waals surface area contributed by atoms with Gasteiger partial charge in [0.1, 0.15) is 6.04 Å². The average Bonchev–Trinajstić information content (AvgIpc) is 3.13. The average molecular weight is 374 g/mol. The van der Waals surface area contributed by atoms with E-state index >= 15 is 0 Å². The molecule has 1 aliphatic heterocycles. The highest BCUT2D eigenvalue weighted by atomic mass is 16.7. The molecule has 1 aromatic rings. The van der Waals surface area contributed by atoms with Gasteiger partial charge in [0, 0.05) is 5.92 Å². The molecule has 1 heterocycles. The number of nitrogens with one attached hydrogen (secondary N) is 2. The van der Waals surface area contributed by atoms with Gasteiger partial charge in [0.25, 0.3) is 0 Å². The second-order valence-corrected chi connectivity index (χ2v) is 7.91. The second kappa shape index (κ2) is 8.63. The van der Waals surface area contributed by atoms with Crippen molar-refractivity contribution >= 4 is 11.8 Å². The Labute approximate surface area is 161 Å². The highest BCUT2D eigenvalue weighted by Crippen LogP contribution is 2.34. The number of carbonyl (C=O) groups excluding carboxylic acids is 2. The molecule has 0 spiro atoms. The van der Waals surface area contributed by atoms with Crippen LogP contribution >= 0.6 is 0 Å². The molecule has 0 aromatic heterocycles. The molecule has 148 valence electrons. The van der Waals surface area contributed by atoms with E-state index in [-0.39, 0.29) is 36.5 Å². The summed E-state index contributed by atoms with van der Waals surface area (Å²) < 4.78 is 10.7. The van der Waals surface area contributed by atoms with Gasteiger partial charge in [-0.2, -0.15) is 0 Å². The molecular weight excluding hydrogens is 344 g/mol. The van der Waals surface area contributed by atoms with Gasteiger partial charge in [-0.05, 0) is 43.4 Å². The monoisotopic (exact) mass is 374 g/mol. The first-order chi connectivity index (χ1) is 13.0. The number of fused-ring (bicyclic) bond motifs is 1. The summed E-state index contributed by atoms with van der Waals surface area (Å²) in [4.78, 5) is 25.4. The van der Waals surface area contributed by atoms with Crippen molar-refractivity contribution in [2.24, 2.45) is 11.8 Å². The van der Waals surface area contributed by atoms with E-state index in [0.29, 0.717) is 5.75 Å². The molecule has 2 unspecified atom stereocenters. The van der Waals surface area contributed by atoms with E-state index < -0.39 is 6.04 Å². The lowest BCUT2D eigenvalue weighted by atomic mass is 9.88. The summed E-state index contributed by atoms with van der Waals surface area (Å²) in [5.74, 6) is 1.33. The maximum Gasteiger partial charge on any atom is 0.243 e. The third kappa shape index (κ3) is 4.73. The highest BCUT2D eigenvalue weighted by Gasteiger charge is 2.29. The standard InChI is InChI=1S/C21H30N2O4/c1-13(2)19(23-20(24)15-7-5-4-6-8-15)21(25)22-14(3)16-9-10-17-18(11-16)27-12-26-17/h9-11,13-15,19H,4-8,12H2,1-3H3,(H,22,25)(H,23,24). The van der Waals surface area contributed by atoms with Crippen molar-refractivity contribution in [3.05, 3.63) is 23.8 Å². The summed E-state index contributed by atoms with van der Waals surface area (Å²) in [6.45, 7) is 6.06. The summed E-state index contributed by atoms with van der Waals surface area (Å²) >= 11 is 0. The van der Waals surface area contributed by atoms with Gasteiger partial charge < -0.3 is 20.1 Å². The van der Waals surface area contributed by atoms with E-state index in [1.165, 1.54) is 6.42 Å². The third-order valence-corrected chi connectivity index (χ3v) is 5.48. The number of hydrogen-bond donors (Lipinski definition) is 2. The number of hydrogen-bond acceptors (Lipinski definition) is 4. The second-order valence-electron chi connectivity index (χ2n) is 7.91. The maximum atomic E-state index is 12.8. The van der Waals surface area contributed by atoms with E-state index in [9.17, 15) is 9.59 Å². The Morgan fingerprint density at radius 2 is 1.70 bits per heavy atom. The summed E-state index contributed by atoms with van der Waals surface area (Å²) in [6.07, 6.45) is 5.23. The minimum atomic E-state index is -0.532. The van der Waals surface area contributed by atoms with Crippen LogP contribution in [-0.4, -0.2) is 24.6 Å². The largest absolute Gasteiger partial charge is 0.454 e. The molecule has 27 heavy (non-hydrogen) atoms. The molecule has 1 saturated carbocycles. The minimum absolute atomic E-state index is 0.0132. The zero-order valence-corrected chi connectivity index (χ0v) is 16.4. The molecule has 0 bridgehead atoms. The van der Waals surface area contributed by atoms with Crippen LogP contribution in [0.1, 0.15) is 64.5 Å². The fourth-order valence-electron chi connectivity index (χ4n) is 3.74. The molecule has 0 saturated heterocycles. The molecule has 0 radical (unpaired) electrons. The predicted molar refractivity (Wildman–Crippen MR) is 102 cm³/mol. The van der Waals surface area contributed by atoms with Gasteiger partial charge in [0.2, 0.25) is 18.6 Å². The maximum absolute atomic E-state index is 12.8. The topological polar surface area (TPSA) is 76.7 Å². The lowest BCUT2D eigenvalue weighted by molar-refractivity contribution is -0.133. The van der Waals surface area contributed by atoms with E-state index in [2.05, 4.69) is 10.6 Å². The molecule has 3 rings (SSSR count). The predicted octanol–water partition coefficient (Wildman–Crippen LogP) is 3.31. The molecule has 1 aromatic carbocycles. The van der Waals surface area contributed by atoms with Gasteiger partial charge in [-0.1, -0.05) is 39.2 Å². The fraction of sp³-hybridized carbons (Fsp3) is 0.619. The first-order valence-electron chi connectivity index (χ1n) is 9.96. The van der Waals surface area contributed by atoms with E-state index in [0.717, 1.165) is 37.0 Å². The summed E-state index contributed by atoms with van der Waals surface area (Å²) in [5, 5.41) is 6.02. The summed E-state index contributed by atoms with van der Waals surface area (Å²) in [7, 11) is 0. The Bertz CT molecular complexity index is 683. The Morgan fingerprint density at radius 1 is 1.00 bits per heavy atom. The van der Waals surface area contributed by atoms with Crippen LogP contribution in [0.2, 0.25) is 0 Å². The van der Waals surface area contributed by atoms with Crippen LogP contribution in [0.15, 0.2) is 18.2 Å². The van der Waals surface area contributed by atoms with Gasteiger partial charge in [0.15, 0.2) is 11.5 Å². The first-order valence-corrected chi connectivity index (χ1v) is 9.96. The number of rotatable bonds is 6. The van der Waals surface area contributed by atoms with Crippen molar-refractivity contribution in [2.75, 3.05) is 6.79 Å². The highest BCUT2D eigenvalue weighted by molar-refractivity contribution is 5.89. The van der Waals surface area contributed by atoms with Crippen molar-refractivity contribution in [2.45, 2.75) is 65.0 Å². The van der Waals surface area contributed by atoms with Crippen LogP contribution in [0.25, 0.3) is 0 Å². The number of ether oxygens (including phenoxy) is 2. The lowest BCUT2D eigenvalue weighted by Gasteiger charge is -2.27. The number of amides is 2. The molecule has 2 amide bonds. The van der Waals surface area contributed by atoms with Crippen LogP contribution in [0.3, 0.4) is 0 Å². The van der Waals surface area contributed by atoms with Crippen molar-refractivity contribution in [1.29, 1.82) is 0 Å². The zero-order valence-electron chi connectivity index (χ0n) is 16.4. The van der Waals surface area contributed by atoms with Crippen LogP contribution in [0.5, 0.6) is 11.5 Å². The van der Waals surface area contributed by atoms with Gasteiger partial charge >= 0.3 is 0 Å². The first kappa shape index (κ1) is 19.5. The van der Waals surface area contributed by atoms with Crippen molar-refractivity contribution < 1.29 is 19.1 Å². The van der Waals surface area contributed by atoms with Crippen LogP contribution < -0.4 is 20.1 Å². The quantitative estimate of drug-likeness (QED) is 0.801. The summed E-state index contributed by atoms with van der Waals surface area (Å²) in [6, 6.07) is 4.93. The Morgan fingerprint density at radius 3 is 2.41 bits per heavy atom. The zero-order chi connectivity index (χ0) is 19.4. The van der Waals surface area contributed by atoms with Gasteiger partial charge in [-0.3, -0.25) is 9.59 Å². The van der Waals surface area contributed by atoms with Crippen molar-refractivity contribution in [3.63, 3.8) is 0 Å². The molecule has 6 heteroatoms. The smallest absolute Gasteiger partial charge is 0.243 e. The Balaban J connectivity index is 1.61. The normalized spacial score (nSPS) is 18.8. The summed E-state index contributed by atoms with van der Waals surface area (Å²) in [5.41, 5.74) is 0.939. The number of benzene rings is 1. The van der Waals surface area contributed by atoms with E-state index in [1.807, 2.05) is 39.0 Å². The SMILES string of the molecule is CC(NC(=O)C(NC(=O)C1CCCCC1)C(C)C)c1ccc2c(c1)OCO2. The molecule has 1 aliphatic carbocycles. The lowest BCUT2D eigenvalue weighted by Crippen LogP contribution is -2.51. The van der Waals surface area contributed by atoms with Crippen molar-refractivity contribution in [1.82, 2.24) is 10.6 Å². The molecule has 2 aliphatic rings. The molecule has 2 atom stereocenters. The molecule has 6 nitrogen and oxygen atoms in total. The Kier molecular flexibility index (Phi) is 6.24. The van der Waals surface area contributed by atoms with Gasteiger partial charge in [0.05, 0.1) is 6.04 Å². The molecule has 1 fully saturated rings. The van der Waals surface area contributed by atoms with Gasteiger partial charge in [-0.25, -0.2) is 0 Å². The molecular formula is C21H30N2O4. The van der Waals surface area contributed by atoms with Crippen LogP contribution in [0, 0.1) is 11.8 Å².